The molecule has 0 atom stereocenters. The van der Waals surface area contributed by atoms with Crippen molar-refractivity contribution in [2.75, 3.05) is 17.6 Å². The predicted octanol–water partition coefficient (Wildman–Crippen LogP) is 5.20. The summed E-state index contributed by atoms with van der Waals surface area (Å²) in [6.07, 6.45) is 2.26. The van der Waals surface area contributed by atoms with Crippen molar-refractivity contribution in [2.45, 2.75) is 25.9 Å². The number of H-pyrrole nitrogens is 1. The molecule has 9 heteroatoms. The lowest BCUT2D eigenvalue weighted by molar-refractivity contribution is 0.0740. The second-order valence-corrected chi connectivity index (χ2v) is 9.46. The lowest BCUT2D eigenvalue weighted by Gasteiger charge is -2.17. The maximum Gasteiger partial charge on any atom is 0.146 e. The van der Waals surface area contributed by atoms with E-state index in [2.05, 4.69) is 20.5 Å². The Morgan fingerprint density at radius 2 is 1.75 bits per heavy atom. The summed E-state index contributed by atoms with van der Waals surface area (Å²) in [7, 11) is 0. The lowest BCUT2D eigenvalue weighted by atomic mass is 10.0. The molecule has 0 fully saturated rings. The number of halogens is 1. The normalized spacial score (nSPS) is 11.7. The van der Waals surface area contributed by atoms with Gasteiger partial charge in [0.05, 0.1) is 39.5 Å². The molecule has 0 aliphatic carbocycles. The van der Waals surface area contributed by atoms with Crippen molar-refractivity contribution in [1.82, 2.24) is 25.1 Å². The minimum absolute atomic E-state index is 0.369. The highest BCUT2D eigenvalue weighted by atomic mass is 35.5. The third kappa shape index (κ3) is 4.86. The summed E-state index contributed by atoms with van der Waals surface area (Å²) in [5.74, 6) is 1.03. The van der Waals surface area contributed by atoms with Crippen molar-refractivity contribution >= 4 is 34.1 Å². The first kappa shape index (κ1) is 23.7. The van der Waals surface area contributed by atoms with Gasteiger partial charge in [-0.05, 0) is 38.1 Å². The Labute approximate surface area is 213 Å². The van der Waals surface area contributed by atoms with Crippen molar-refractivity contribution in [3.8, 4) is 22.5 Å². The molecule has 182 valence electrons. The molecule has 5 aromatic rings. The third-order valence-corrected chi connectivity index (χ3v) is 6.16. The zero-order chi connectivity index (χ0) is 25.3. The van der Waals surface area contributed by atoms with Gasteiger partial charge in [0, 0.05) is 29.5 Å². The molecule has 36 heavy (non-hydrogen) atoms. The molecule has 8 nitrogen and oxygen atoms in total. The van der Waals surface area contributed by atoms with Gasteiger partial charge in [0.2, 0.25) is 0 Å². The summed E-state index contributed by atoms with van der Waals surface area (Å²) in [6.45, 7) is 3.95. The van der Waals surface area contributed by atoms with Gasteiger partial charge in [0.1, 0.15) is 17.2 Å². The van der Waals surface area contributed by atoms with Crippen LogP contribution in [-0.4, -0.2) is 36.8 Å². The van der Waals surface area contributed by atoms with Crippen LogP contribution in [0.5, 0.6) is 0 Å². The molecule has 3 heterocycles. The Morgan fingerprint density at radius 1 is 0.972 bits per heavy atom. The van der Waals surface area contributed by atoms with E-state index in [4.69, 9.17) is 27.3 Å². The van der Waals surface area contributed by atoms with Gasteiger partial charge in [-0.25, -0.2) is 15.0 Å². The number of aromatic amines is 1. The summed E-state index contributed by atoms with van der Waals surface area (Å²) in [5.41, 5.74) is 10.5. The fourth-order valence-corrected chi connectivity index (χ4v) is 4.27. The van der Waals surface area contributed by atoms with Crippen LogP contribution < -0.4 is 11.1 Å². The SMILES string of the molecule is CC(C)(O)c1cccc(NCCc2nc(-c3cc(Cl)c4[nH]ncc4c3)c(-c3ccccc3)nc2N)n1. The van der Waals surface area contributed by atoms with Crippen LogP contribution in [0.2, 0.25) is 5.02 Å². The van der Waals surface area contributed by atoms with E-state index in [9.17, 15) is 5.11 Å². The number of aliphatic hydroxyl groups is 1. The van der Waals surface area contributed by atoms with Gasteiger partial charge in [-0.3, -0.25) is 5.10 Å². The zero-order valence-electron chi connectivity index (χ0n) is 20.0. The Bertz CT molecular complexity index is 1530. The summed E-state index contributed by atoms with van der Waals surface area (Å²) in [5, 5.41) is 22.0. The van der Waals surface area contributed by atoms with Gasteiger partial charge >= 0.3 is 0 Å². The molecule has 2 aromatic carbocycles. The van der Waals surface area contributed by atoms with E-state index in [1.165, 1.54) is 0 Å². The fourth-order valence-electron chi connectivity index (χ4n) is 4.00. The molecule has 0 aliphatic heterocycles. The van der Waals surface area contributed by atoms with Gasteiger partial charge in [-0.2, -0.15) is 5.10 Å². The lowest BCUT2D eigenvalue weighted by Crippen LogP contribution is -2.18. The number of aromatic nitrogens is 5. The van der Waals surface area contributed by atoms with Crippen molar-refractivity contribution in [1.29, 1.82) is 0 Å². The second-order valence-electron chi connectivity index (χ2n) is 9.05. The Morgan fingerprint density at radius 3 is 2.53 bits per heavy atom. The van der Waals surface area contributed by atoms with Crippen molar-refractivity contribution < 1.29 is 5.11 Å². The summed E-state index contributed by atoms with van der Waals surface area (Å²) < 4.78 is 0. The molecule has 5 N–H and O–H groups in total. The topological polar surface area (TPSA) is 126 Å². The van der Waals surface area contributed by atoms with E-state index in [1.807, 2.05) is 54.6 Å². The molecule has 0 saturated heterocycles. The Balaban J connectivity index is 1.49. The minimum Gasteiger partial charge on any atom is -0.384 e. The number of hydrogen-bond acceptors (Lipinski definition) is 7. The number of anilines is 2. The van der Waals surface area contributed by atoms with Crippen LogP contribution in [0.1, 0.15) is 25.2 Å². The van der Waals surface area contributed by atoms with Crippen LogP contribution in [0.15, 0.2) is 66.9 Å². The number of nitrogens with zero attached hydrogens (tertiary/aromatic N) is 4. The highest BCUT2D eigenvalue weighted by Crippen LogP contribution is 2.35. The van der Waals surface area contributed by atoms with Gasteiger partial charge in [0.25, 0.3) is 0 Å². The van der Waals surface area contributed by atoms with Gasteiger partial charge in [0.15, 0.2) is 0 Å². The standard InChI is InChI=1S/C27H26ClN7O/c1-27(2,36)21-9-6-10-22(33-21)30-12-11-20-26(29)34-24(16-7-4-3-5-8-16)25(32-20)17-13-18-15-31-35-23(18)19(28)14-17/h3-10,13-15,36H,11-12H2,1-2H3,(H2,29,34)(H,30,33)(H,31,35). The summed E-state index contributed by atoms with van der Waals surface area (Å²) in [6, 6.07) is 19.2. The smallest absolute Gasteiger partial charge is 0.146 e. The molecule has 0 unspecified atom stereocenters. The molecule has 0 radical (unpaired) electrons. The molecular weight excluding hydrogens is 474 g/mol. The molecule has 0 saturated carbocycles. The maximum absolute atomic E-state index is 10.2. The minimum atomic E-state index is -1.02. The first-order valence-corrected chi connectivity index (χ1v) is 12.0. The predicted molar refractivity (Wildman–Crippen MR) is 144 cm³/mol. The zero-order valence-corrected chi connectivity index (χ0v) is 20.7. The monoisotopic (exact) mass is 499 g/mol. The van der Waals surface area contributed by atoms with E-state index in [0.717, 1.165) is 22.0 Å². The number of nitrogen functional groups attached to an aromatic ring is 1. The van der Waals surface area contributed by atoms with Gasteiger partial charge in [-0.15, -0.1) is 0 Å². The van der Waals surface area contributed by atoms with Crippen LogP contribution in [-0.2, 0) is 12.0 Å². The van der Waals surface area contributed by atoms with Crippen LogP contribution in [0.3, 0.4) is 0 Å². The number of hydrogen-bond donors (Lipinski definition) is 4. The molecule has 3 aromatic heterocycles. The number of pyridine rings is 1. The van der Waals surface area contributed by atoms with E-state index in [1.54, 1.807) is 26.1 Å². The number of fused-ring (bicyclic) bond motifs is 1. The molecule has 0 aliphatic rings. The molecule has 0 bridgehead atoms. The first-order valence-electron chi connectivity index (χ1n) is 11.6. The number of nitrogens with two attached hydrogens (primary N) is 1. The van der Waals surface area contributed by atoms with Crippen molar-refractivity contribution in [3.63, 3.8) is 0 Å². The second kappa shape index (κ2) is 9.56. The largest absolute Gasteiger partial charge is 0.384 e. The molecule has 0 amide bonds. The van der Waals surface area contributed by atoms with Crippen LogP contribution >= 0.6 is 11.6 Å². The highest BCUT2D eigenvalue weighted by molar-refractivity contribution is 6.35. The number of nitrogens with one attached hydrogen (secondary N) is 2. The quantitative estimate of drug-likeness (QED) is 0.242. The average molecular weight is 500 g/mol. The Hall–Kier alpha value is -4.01. The average Bonchev–Trinajstić information content (AvgIpc) is 3.34. The van der Waals surface area contributed by atoms with Crippen LogP contribution in [0.25, 0.3) is 33.4 Å². The van der Waals surface area contributed by atoms with Gasteiger partial charge < -0.3 is 16.2 Å². The first-order chi connectivity index (χ1) is 17.3. The molecule has 5 rings (SSSR count). The molecular formula is C27H26ClN7O. The fraction of sp³-hybridized carbons (Fsp3) is 0.185. The van der Waals surface area contributed by atoms with Gasteiger partial charge in [-0.1, -0.05) is 48.0 Å². The van der Waals surface area contributed by atoms with Crippen molar-refractivity contribution in [2.24, 2.45) is 0 Å². The van der Waals surface area contributed by atoms with Crippen LogP contribution in [0.4, 0.5) is 11.6 Å². The number of rotatable bonds is 7. The highest BCUT2D eigenvalue weighted by Gasteiger charge is 2.19. The Kier molecular flexibility index (Phi) is 6.30. The van der Waals surface area contributed by atoms with Crippen LogP contribution in [0, 0.1) is 0 Å². The van der Waals surface area contributed by atoms with Crippen molar-refractivity contribution in [3.05, 3.63) is 83.3 Å². The van der Waals surface area contributed by atoms with E-state index in [0.29, 0.717) is 52.4 Å². The van der Waals surface area contributed by atoms with E-state index in [-0.39, 0.29) is 0 Å². The third-order valence-electron chi connectivity index (χ3n) is 5.86. The van der Waals surface area contributed by atoms with E-state index < -0.39 is 5.60 Å². The summed E-state index contributed by atoms with van der Waals surface area (Å²) >= 11 is 6.54. The number of benzene rings is 2. The summed E-state index contributed by atoms with van der Waals surface area (Å²) in [4.78, 5) is 14.2. The maximum atomic E-state index is 10.2. The molecule has 0 spiro atoms. The van der Waals surface area contributed by atoms with E-state index >= 15 is 0 Å².